The van der Waals surface area contributed by atoms with Crippen molar-refractivity contribution in [3.8, 4) is 17.2 Å². The molecule has 4 rings (SSSR count). The number of aliphatic hydroxyl groups excluding tert-OH is 1. The third-order valence-corrected chi connectivity index (χ3v) is 6.62. The van der Waals surface area contributed by atoms with Crippen molar-refractivity contribution in [2.45, 2.75) is 65.1 Å². The van der Waals surface area contributed by atoms with Crippen molar-refractivity contribution in [2.75, 3.05) is 6.61 Å². The number of Topliss-reactive ketones (excluding diaryl/α,β-unsaturated/α-hetero) is 1. The van der Waals surface area contributed by atoms with Crippen LogP contribution in [0.5, 0.6) is 17.2 Å². The molecule has 1 saturated heterocycles. The normalized spacial score (nSPS) is 16.8. The van der Waals surface area contributed by atoms with Gasteiger partial charge in [-0.1, -0.05) is 50.1 Å². The summed E-state index contributed by atoms with van der Waals surface area (Å²) in [6, 6.07) is 19.7. The minimum atomic E-state index is -0.867. The summed E-state index contributed by atoms with van der Waals surface area (Å²) < 4.78 is 11.9. The number of amides is 1. The van der Waals surface area contributed by atoms with Gasteiger partial charge in [-0.3, -0.25) is 9.59 Å². The van der Waals surface area contributed by atoms with E-state index in [1.54, 1.807) is 36.4 Å². The van der Waals surface area contributed by atoms with Crippen LogP contribution < -0.4 is 9.47 Å². The summed E-state index contributed by atoms with van der Waals surface area (Å²) in [5.41, 5.74) is 1.24. The van der Waals surface area contributed by atoms with E-state index in [-0.39, 0.29) is 23.6 Å². The van der Waals surface area contributed by atoms with Crippen LogP contribution in [0.15, 0.2) is 78.4 Å². The minimum Gasteiger partial charge on any atom is -0.508 e. The average molecular weight is 544 g/mol. The van der Waals surface area contributed by atoms with Crippen molar-refractivity contribution in [1.82, 2.24) is 4.90 Å². The summed E-state index contributed by atoms with van der Waals surface area (Å²) in [5, 5.41) is 21.3. The molecule has 210 valence electrons. The molecule has 1 aliphatic rings. The molecule has 1 aliphatic heterocycles. The maximum atomic E-state index is 13.4. The number of ketones is 1. The molecule has 0 saturated carbocycles. The van der Waals surface area contributed by atoms with Gasteiger partial charge in [0.25, 0.3) is 11.7 Å². The molecule has 1 heterocycles. The lowest BCUT2D eigenvalue weighted by Gasteiger charge is -2.28. The van der Waals surface area contributed by atoms with Crippen LogP contribution in [0.2, 0.25) is 0 Å². The predicted octanol–water partition coefficient (Wildman–Crippen LogP) is 6.76. The van der Waals surface area contributed by atoms with Crippen LogP contribution >= 0.6 is 0 Å². The number of carbonyl (C=O) groups excluding carboxylic acids is 2. The zero-order valence-corrected chi connectivity index (χ0v) is 23.5. The number of carbonyl (C=O) groups is 2. The number of hydrogen-bond donors (Lipinski definition) is 2. The summed E-state index contributed by atoms with van der Waals surface area (Å²) in [7, 11) is 0. The Morgan fingerprint density at radius 3 is 2.25 bits per heavy atom. The fraction of sp³-hybridized carbons (Fsp3) is 0.333. The molecule has 0 aromatic heterocycles. The molecule has 3 aromatic carbocycles. The molecule has 2 N–H and O–H groups in total. The van der Waals surface area contributed by atoms with Crippen LogP contribution in [-0.4, -0.2) is 39.0 Å². The molecular weight excluding hydrogens is 506 g/mol. The Morgan fingerprint density at radius 1 is 0.925 bits per heavy atom. The van der Waals surface area contributed by atoms with Crippen molar-refractivity contribution in [3.05, 3.63) is 95.1 Å². The van der Waals surface area contributed by atoms with E-state index in [1.807, 2.05) is 45.0 Å². The van der Waals surface area contributed by atoms with Crippen molar-refractivity contribution in [2.24, 2.45) is 0 Å². The molecule has 0 bridgehead atoms. The lowest BCUT2D eigenvalue weighted by atomic mass is 9.95. The number of para-hydroxylation sites is 1. The molecule has 1 fully saturated rings. The number of benzene rings is 3. The number of likely N-dealkylation sites (tertiary alicyclic amines) is 1. The maximum absolute atomic E-state index is 13.4. The molecule has 1 unspecified atom stereocenters. The second kappa shape index (κ2) is 12.3. The third kappa shape index (κ3) is 6.65. The molecule has 3 aromatic rings. The van der Waals surface area contributed by atoms with E-state index in [9.17, 15) is 19.8 Å². The number of unbranched alkanes of at least 4 members (excludes halogenated alkanes) is 2. The lowest BCUT2D eigenvalue weighted by Crippen LogP contribution is -2.30. The minimum absolute atomic E-state index is 0.0125. The highest BCUT2D eigenvalue weighted by Crippen LogP contribution is 2.41. The first-order valence-corrected chi connectivity index (χ1v) is 13.7. The third-order valence-electron chi connectivity index (χ3n) is 6.62. The molecule has 1 atom stereocenters. The number of phenolic OH excluding ortho intramolecular Hbond substituents is 1. The van der Waals surface area contributed by atoms with Crippen molar-refractivity contribution >= 4 is 17.4 Å². The van der Waals surface area contributed by atoms with Gasteiger partial charge in [-0.05, 0) is 75.2 Å². The van der Waals surface area contributed by atoms with Crippen LogP contribution in [0, 0.1) is 0 Å². The van der Waals surface area contributed by atoms with Gasteiger partial charge in [0.1, 0.15) is 28.6 Å². The second-order valence-corrected chi connectivity index (χ2v) is 10.9. The molecule has 40 heavy (non-hydrogen) atoms. The van der Waals surface area contributed by atoms with Crippen LogP contribution in [0.25, 0.3) is 5.76 Å². The summed E-state index contributed by atoms with van der Waals surface area (Å²) in [6.45, 7) is 8.64. The number of phenols is 1. The van der Waals surface area contributed by atoms with Crippen molar-refractivity contribution in [1.29, 1.82) is 0 Å². The van der Waals surface area contributed by atoms with Crippen molar-refractivity contribution < 1.29 is 29.3 Å². The number of rotatable bonds is 10. The Morgan fingerprint density at radius 2 is 1.60 bits per heavy atom. The van der Waals surface area contributed by atoms with Crippen LogP contribution in [0.3, 0.4) is 0 Å². The molecule has 0 radical (unpaired) electrons. The van der Waals surface area contributed by atoms with Crippen LogP contribution in [0.4, 0.5) is 0 Å². The largest absolute Gasteiger partial charge is 0.508 e. The van der Waals surface area contributed by atoms with E-state index < -0.39 is 23.3 Å². The van der Waals surface area contributed by atoms with E-state index in [0.717, 1.165) is 24.8 Å². The fourth-order valence-electron chi connectivity index (χ4n) is 4.70. The van der Waals surface area contributed by atoms with E-state index >= 15 is 0 Å². The molecule has 7 nitrogen and oxygen atoms in total. The molecule has 0 spiro atoms. The fourth-order valence-corrected chi connectivity index (χ4v) is 4.70. The zero-order valence-electron chi connectivity index (χ0n) is 23.5. The van der Waals surface area contributed by atoms with Gasteiger partial charge in [0.05, 0.1) is 24.8 Å². The molecule has 1 amide bonds. The first-order valence-electron chi connectivity index (χ1n) is 13.7. The number of aromatic hydroxyl groups is 1. The van der Waals surface area contributed by atoms with Gasteiger partial charge < -0.3 is 24.6 Å². The quantitative estimate of drug-likeness (QED) is 0.127. The van der Waals surface area contributed by atoms with Gasteiger partial charge in [-0.25, -0.2) is 0 Å². The highest BCUT2D eigenvalue weighted by atomic mass is 16.5. The van der Waals surface area contributed by atoms with Gasteiger partial charge in [0.2, 0.25) is 0 Å². The van der Waals surface area contributed by atoms with Gasteiger partial charge in [-0.15, -0.1) is 0 Å². The Hall–Kier alpha value is -4.26. The molecule has 7 heteroatoms. The number of ether oxygens (including phenoxy) is 2. The monoisotopic (exact) mass is 543 g/mol. The van der Waals surface area contributed by atoms with E-state index in [0.29, 0.717) is 29.2 Å². The first kappa shape index (κ1) is 28.7. The van der Waals surface area contributed by atoms with Crippen LogP contribution in [0.1, 0.15) is 69.7 Å². The van der Waals surface area contributed by atoms with Gasteiger partial charge in [0.15, 0.2) is 0 Å². The Labute approximate surface area is 235 Å². The SMILES string of the molecule is CCCCCOc1ccc(/C(O)=C2\C(=O)C(=O)N(Cc3ccccc3OC(C)(C)C)C2c2ccc(O)cc2)cc1. The van der Waals surface area contributed by atoms with E-state index in [1.165, 1.54) is 17.0 Å². The first-order chi connectivity index (χ1) is 19.1. The highest BCUT2D eigenvalue weighted by molar-refractivity contribution is 6.46. The lowest BCUT2D eigenvalue weighted by molar-refractivity contribution is -0.140. The molecule has 0 aliphatic carbocycles. The van der Waals surface area contributed by atoms with Gasteiger partial charge in [-0.2, -0.15) is 0 Å². The number of hydrogen-bond acceptors (Lipinski definition) is 6. The second-order valence-electron chi connectivity index (χ2n) is 10.9. The Balaban J connectivity index is 1.72. The summed E-state index contributed by atoms with van der Waals surface area (Å²) in [6.07, 6.45) is 3.15. The molecular formula is C33H37NO6. The Bertz CT molecular complexity index is 1370. The van der Waals surface area contributed by atoms with Gasteiger partial charge >= 0.3 is 0 Å². The van der Waals surface area contributed by atoms with E-state index in [4.69, 9.17) is 9.47 Å². The van der Waals surface area contributed by atoms with E-state index in [2.05, 4.69) is 6.92 Å². The summed E-state index contributed by atoms with van der Waals surface area (Å²) >= 11 is 0. The zero-order chi connectivity index (χ0) is 28.9. The average Bonchev–Trinajstić information content (AvgIpc) is 3.17. The maximum Gasteiger partial charge on any atom is 0.295 e. The Kier molecular flexibility index (Phi) is 8.83. The number of aliphatic hydroxyl groups is 1. The summed E-state index contributed by atoms with van der Waals surface area (Å²) in [5.74, 6) is -0.435. The highest BCUT2D eigenvalue weighted by Gasteiger charge is 2.46. The summed E-state index contributed by atoms with van der Waals surface area (Å²) in [4.78, 5) is 28.3. The van der Waals surface area contributed by atoms with Crippen molar-refractivity contribution in [3.63, 3.8) is 0 Å². The smallest absolute Gasteiger partial charge is 0.295 e. The predicted molar refractivity (Wildman–Crippen MR) is 154 cm³/mol. The topological polar surface area (TPSA) is 96.3 Å². The van der Waals surface area contributed by atoms with Gasteiger partial charge in [0, 0.05) is 11.1 Å². The van der Waals surface area contributed by atoms with Crippen LogP contribution in [-0.2, 0) is 16.1 Å². The standard InChI is InChI=1S/C33H37NO6/c1-5-6-9-20-39-26-18-14-23(15-19-26)30(36)28-29(22-12-16-25(35)17-13-22)34(32(38)31(28)37)21-24-10-7-8-11-27(24)40-33(2,3)4/h7-8,10-19,29,35-36H,5-6,9,20-21H2,1-4H3/b30-28+. The number of nitrogens with zero attached hydrogens (tertiary/aromatic N) is 1.